The second kappa shape index (κ2) is 11.9. The van der Waals surface area contributed by atoms with Crippen LogP contribution in [-0.2, 0) is 26.2 Å². The Morgan fingerprint density at radius 3 is 2.06 bits per heavy atom. The summed E-state index contributed by atoms with van der Waals surface area (Å²) in [5.74, 6) is -0.877. The monoisotopic (exact) mass is 527 g/mol. The van der Waals surface area contributed by atoms with E-state index in [0.717, 1.165) is 21.7 Å². The van der Waals surface area contributed by atoms with E-state index in [1.165, 1.54) is 4.90 Å². The first-order valence-corrected chi connectivity index (χ1v) is 13.6. The number of rotatable bonds is 10. The lowest BCUT2D eigenvalue weighted by Gasteiger charge is -2.33. The van der Waals surface area contributed by atoms with Gasteiger partial charge in [0, 0.05) is 28.7 Å². The van der Waals surface area contributed by atoms with Crippen LogP contribution in [0.2, 0.25) is 10.0 Å². The molecule has 34 heavy (non-hydrogen) atoms. The van der Waals surface area contributed by atoms with Gasteiger partial charge in [-0.2, -0.15) is 0 Å². The molecule has 186 valence electrons. The van der Waals surface area contributed by atoms with Crippen LogP contribution in [0.25, 0.3) is 0 Å². The number of hydrogen-bond donors (Lipinski definition) is 1. The molecule has 0 heterocycles. The van der Waals surface area contributed by atoms with E-state index in [9.17, 15) is 18.0 Å². The highest BCUT2D eigenvalue weighted by Crippen LogP contribution is 2.28. The number of amides is 2. The number of carbonyl (C=O) groups is 2. The Morgan fingerprint density at radius 1 is 1.03 bits per heavy atom. The van der Waals surface area contributed by atoms with Gasteiger partial charge >= 0.3 is 0 Å². The fraction of sp³-hybridized carbons (Fsp3) is 0.417. The minimum Gasteiger partial charge on any atom is -0.355 e. The Morgan fingerprint density at radius 2 is 1.59 bits per heavy atom. The Labute approximate surface area is 212 Å². The summed E-state index contributed by atoms with van der Waals surface area (Å²) in [4.78, 5) is 27.8. The summed E-state index contributed by atoms with van der Waals surface area (Å²) in [5.41, 5.74) is 2.60. The normalized spacial score (nSPS) is 12.2. The fourth-order valence-electron chi connectivity index (χ4n) is 3.77. The van der Waals surface area contributed by atoms with Crippen LogP contribution >= 0.6 is 23.2 Å². The highest BCUT2D eigenvalue weighted by molar-refractivity contribution is 7.92. The quantitative estimate of drug-likeness (QED) is 0.498. The van der Waals surface area contributed by atoms with Crippen molar-refractivity contribution in [2.75, 3.05) is 23.7 Å². The van der Waals surface area contributed by atoms with Crippen LogP contribution in [-0.4, -0.2) is 50.5 Å². The van der Waals surface area contributed by atoms with Crippen molar-refractivity contribution in [3.63, 3.8) is 0 Å². The van der Waals surface area contributed by atoms with Crippen molar-refractivity contribution in [2.24, 2.45) is 0 Å². The van der Waals surface area contributed by atoms with Crippen molar-refractivity contribution in [3.05, 3.63) is 63.1 Å². The lowest BCUT2D eigenvalue weighted by Crippen LogP contribution is -2.52. The second-order valence-electron chi connectivity index (χ2n) is 8.16. The maximum absolute atomic E-state index is 13.6. The van der Waals surface area contributed by atoms with Gasteiger partial charge in [-0.05, 0) is 62.6 Å². The summed E-state index contributed by atoms with van der Waals surface area (Å²) in [5, 5.41) is 3.45. The van der Waals surface area contributed by atoms with E-state index in [1.54, 1.807) is 44.2 Å². The number of nitrogens with zero attached hydrogens (tertiary/aromatic N) is 2. The van der Waals surface area contributed by atoms with Gasteiger partial charge in [0.25, 0.3) is 0 Å². The summed E-state index contributed by atoms with van der Waals surface area (Å²) >= 11 is 12.7. The predicted octanol–water partition coefficient (Wildman–Crippen LogP) is 4.32. The summed E-state index contributed by atoms with van der Waals surface area (Å²) in [7, 11) is -3.80. The van der Waals surface area contributed by atoms with Crippen LogP contribution in [0, 0.1) is 13.8 Å². The lowest BCUT2D eigenvalue weighted by atomic mass is 10.1. The molecule has 0 aliphatic carbocycles. The standard InChI is InChI=1S/C24H31Cl2N3O4S/c1-6-22(24(31)27-7-2)28(14-19-20(25)9-8-10-21(19)26)23(30)15-29(34(5,32)33)18-12-16(3)11-17(4)13-18/h8-13,22H,6-7,14-15H2,1-5H3,(H,27,31). The number of anilines is 1. The van der Waals surface area contributed by atoms with Gasteiger partial charge in [0.15, 0.2) is 0 Å². The molecule has 0 aliphatic heterocycles. The molecule has 2 aromatic rings. The maximum atomic E-state index is 13.6. The first-order valence-electron chi connectivity index (χ1n) is 10.9. The molecule has 1 N–H and O–H groups in total. The maximum Gasteiger partial charge on any atom is 0.244 e. The van der Waals surface area contributed by atoms with Gasteiger partial charge < -0.3 is 10.2 Å². The van der Waals surface area contributed by atoms with E-state index in [0.29, 0.717) is 34.3 Å². The smallest absolute Gasteiger partial charge is 0.244 e. The first kappa shape index (κ1) is 28.0. The first-order chi connectivity index (χ1) is 15.9. The van der Waals surface area contributed by atoms with E-state index in [-0.39, 0.29) is 12.5 Å². The van der Waals surface area contributed by atoms with Gasteiger partial charge in [-0.1, -0.05) is 42.3 Å². The van der Waals surface area contributed by atoms with Gasteiger partial charge in [-0.15, -0.1) is 0 Å². The van der Waals surface area contributed by atoms with Crippen LogP contribution in [0.1, 0.15) is 37.0 Å². The minimum absolute atomic E-state index is 0.0442. The number of halogens is 2. The molecular weight excluding hydrogens is 497 g/mol. The molecule has 0 spiro atoms. The third kappa shape index (κ3) is 7.10. The van der Waals surface area contributed by atoms with Gasteiger partial charge in [-0.3, -0.25) is 13.9 Å². The van der Waals surface area contributed by atoms with Crippen molar-refractivity contribution in [2.45, 2.75) is 46.7 Å². The molecule has 2 rings (SSSR count). The van der Waals surface area contributed by atoms with Crippen molar-refractivity contribution < 1.29 is 18.0 Å². The number of hydrogen-bond acceptors (Lipinski definition) is 4. The third-order valence-electron chi connectivity index (χ3n) is 5.30. The van der Waals surface area contributed by atoms with Gasteiger partial charge in [0.05, 0.1) is 11.9 Å². The highest BCUT2D eigenvalue weighted by atomic mass is 35.5. The number of nitrogens with one attached hydrogen (secondary N) is 1. The van der Waals surface area contributed by atoms with Crippen LogP contribution in [0.4, 0.5) is 5.69 Å². The average molecular weight is 529 g/mol. The molecule has 0 radical (unpaired) electrons. The molecule has 0 saturated heterocycles. The number of carbonyl (C=O) groups excluding carboxylic acids is 2. The highest BCUT2D eigenvalue weighted by Gasteiger charge is 2.32. The van der Waals surface area contributed by atoms with Crippen LogP contribution in [0.5, 0.6) is 0 Å². The number of likely N-dealkylation sites (N-methyl/N-ethyl adjacent to an activating group) is 1. The zero-order valence-corrected chi connectivity index (χ0v) is 22.4. The Balaban J connectivity index is 2.52. The largest absolute Gasteiger partial charge is 0.355 e. The summed E-state index contributed by atoms with van der Waals surface area (Å²) in [6.07, 6.45) is 1.37. The van der Waals surface area contributed by atoms with Crippen LogP contribution < -0.4 is 9.62 Å². The minimum atomic E-state index is -3.80. The molecule has 0 aromatic heterocycles. The molecule has 0 saturated carbocycles. The van der Waals surface area contributed by atoms with E-state index in [2.05, 4.69) is 5.32 Å². The molecule has 0 bridgehead atoms. The summed E-state index contributed by atoms with van der Waals surface area (Å²) in [6.45, 7) is 7.15. The van der Waals surface area contributed by atoms with Crippen LogP contribution in [0.3, 0.4) is 0 Å². The zero-order chi connectivity index (χ0) is 25.6. The number of benzene rings is 2. The summed E-state index contributed by atoms with van der Waals surface area (Å²) in [6, 6.07) is 9.48. The molecular formula is C24H31Cl2N3O4S. The van der Waals surface area contributed by atoms with E-state index >= 15 is 0 Å². The van der Waals surface area contributed by atoms with E-state index in [1.807, 2.05) is 19.9 Å². The molecule has 0 fully saturated rings. The topological polar surface area (TPSA) is 86.8 Å². The molecule has 10 heteroatoms. The van der Waals surface area contributed by atoms with E-state index < -0.39 is 28.5 Å². The van der Waals surface area contributed by atoms with Gasteiger partial charge in [0.2, 0.25) is 21.8 Å². The van der Waals surface area contributed by atoms with Crippen molar-refractivity contribution in [1.29, 1.82) is 0 Å². The summed E-state index contributed by atoms with van der Waals surface area (Å²) < 4.78 is 26.4. The number of sulfonamides is 1. The van der Waals surface area contributed by atoms with Gasteiger partial charge in [0.1, 0.15) is 12.6 Å². The SMILES string of the molecule is CCNC(=O)C(CC)N(Cc1c(Cl)cccc1Cl)C(=O)CN(c1cc(C)cc(C)c1)S(C)(=O)=O. The predicted molar refractivity (Wildman–Crippen MR) is 138 cm³/mol. The van der Waals surface area contributed by atoms with Crippen molar-refractivity contribution >= 4 is 50.7 Å². The average Bonchev–Trinajstić information content (AvgIpc) is 2.72. The second-order valence-corrected chi connectivity index (χ2v) is 10.9. The van der Waals surface area contributed by atoms with E-state index in [4.69, 9.17) is 23.2 Å². The molecule has 1 unspecified atom stereocenters. The van der Waals surface area contributed by atoms with Crippen LogP contribution in [0.15, 0.2) is 36.4 Å². The molecule has 2 aromatic carbocycles. The Hall–Kier alpha value is -2.29. The lowest BCUT2D eigenvalue weighted by molar-refractivity contribution is -0.140. The Kier molecular flexibility index (Phi) is 9.79. The van der Waals surface area contributed by atoms with Crippen molar-refractivity contribution in [3.8, 4) is 0 Å². The molecule has 2 amide bonds. The molecule has 0 aliphatic rings. The van der Waals surface area contributed by atoms with Gasteiger partial charge in [-0.25, -0.2) is 8.42 Å². The fourth-order valence-corrected chi connectivity index (χ4v) is 5.12. The zero-order valence-electron chi connectivity index (χ0n) is 20.1. The van der Waals surface area contributed by atoms with Crippen molar-refractivity contribution in [1.82, 2.24) is 10.2 Å². The third-order valence-corrected chi connectivity index (χ3v) is 7.15. The molecule has 7 nitrogen and oxygen atoms in total. The molecule has 1 atom stereocenters. The number of aryl methyl sites for hydroxylation is 2. The Bertz CT molecular complexity index is 1110.